The van der Waals surface area contributed by atoms with Crippen LogP contribution in [0, 0.1) is 0 Å². The number of hydrogen-bond acceptors (Lipinski definition) is 5. The highest BCUT2D eigenvalue weighted by molar-refractivity contribution is 7.66. The third-order valence-electron chi connectivity index (χ3n) is 3.35. The van der Waals surface area contributed by atoms with Crippen LogP contribution in [0.25, 0.3) is 5.76 Å². The molecule has 0 saturated carbocycles. The van der Waals surface area contributed by atoms with Gasteiger partial charge in [-0.25, -0.2) is 0 Å². The van der Waals surface area contributed by atoms with Gasteiger partial charge in [-0.05, 0) is 12.1 Å². The molecule has 5 nitrogen and oxygen atoms in total. The van der Waals surface area contributed by atoms with Gasteiger partial charge in [0.05, 0.1) is 12.7 Å². The van der Waals surface area contributed by atoms with E-state index in [-0.39, 0.29) is 16.6 Å². The van der Waals surface area contributed by atoms with E-state index in [0.717, 1.165) is 0 Å². The molecule has 0 fully saturated rings. The van der Waals surface area contributed by atoms with E-state index in [1.54, 1.807) is 48.5 Å². The molecule has 0 saturated heterocycles. The Morgan fingerprint density at radius 3 is 2.45 bits per heavy atom. The number of allylic oxidation sites excluding steroid dienone is 1. The Kier molecular flexibility index (Phi) is 3.71. The SMILES string of the molecule is CO[P+]1([O-])Oc2ccccc2C(=O)/C1=C(/O)c1ccccc1. The molecule has 3 rings (SSSR count). The molecule has 1 unspecified atom stereocenters. The van der Waals surface area contributed by atoms with E-state index in [2.05, 4.69) is 0 Å². The Morgan fingerprint density at radius 1 is 1.14 bits per heavy atom. The van der Waals surface area contributed by atoms with Gasteiger partial charge < -0.3 is 14.5 Å². The summed E-state index contributed by atoms with van der Waals surface area (Å²) < 4.78 is 10.3. The maximum Gasteiger partial charge on any atom is 0.326 e. The monoisotopic (exact) mass is 316 g/mol. The summed E-state index contributed by atoms with van der Waals surface area (Å²) in [5.74, 6) is -0.777. The summed E-state index contributed by atoms with van der Waals surface area (Å²) in [6, 6.07) is 14.8. The Bertz CT molecular complexity index is 756. The van der Waals surface area contributed by atoms with Crippen LogP contribution in [0.5, 0.6) is 5.75 Å². The molecule has 2 aromatic carbocycles. The summed E-state index contributed by atoms with van der Waals surface area (Å²) in [6.07, 6.45) is 0. The number of rotatable bonds is 2. The van der Waals surface area contributed by atoms with Crippen LogP contribution in [0.4, 0.5) is 0 Å². The number of ketones is 1. The average molecular weight is 316 g/mol. The first-order valence-electron chi connectivity index (χ1n) is 6.55. The van der Waals surface area contributed by atoms with Crippen molar-refractivity contribution in [1.82, 2.24) is 0 Å². The molecule has 0 aliphatic carbocycles. The summed E-state index contributed by atoms with van der Waals surface area (Å²) in [6.45, 7) is 0. The highest BCUT2D eigenvalue weighted by Crippen LogP contribution is 2.64. The third-order valence-corrected chi connectivity index (χ3v) is 5.23. The minimum atomic E-state index is -3.93. The lowest BCUT2D eigenvalue weighted by Crippen LogP contribution is -2.29. The van der Waals surface area contributed by atoms with Crippen LogP contribution in [0.2, 0.25) is 0 Å². The van der Waals surface area contributed by atoms with Crippen LogP contribution < -0.4 is 9.42 Å². The highest BCUT2D eigenvalue weighted by Gasteiger charge is 2.50. The van der Waals surface area contributed by atoms with Gasteiger partial charge in [-0.2, -0.15) is 4.52 Å². The fourth-order valence-electron chi connectivity index (χ4n) is 2.26. The number of Topliss-reactive ketones (excluding diaryl/α,β-unsaturated/α-hetero) is 1. The Labute approximate surface area is 128 Å². The minimum absolute atomic E-state index is 0.183. The maximum atomic E-state index is 12.8. The van der Waals surface area contributed by atoms with Crippen molar-refractivity contribution in [2.75, 3.05) is 7.11 Å². The molecule has 0 spiro atoms. The Morgan fingerprint density at radius 2 is 1.77 bits per heavy atom. The topological polar surface area (TPSA) is 78.8 Å². The lowest BCUT2D eigenvalue weighted by atomic mass is 10.1. The van der Waals surface area contributed by atoms with Crippen LogP contribution in [-0.4, -0.2) is 18.0 Å². The van der Waals surface area contributed by atoms with Crippen LogP contribution >= 0.6 is 7.94 Å². The molecule has 6 heteroatoms. The zero-order chi connectivity index (χ0) is 15.7. The first kappa shape index (κ1) is 14.7. The van der Waals surface area contributed by atoms with Gasteiger partial charge in [-0.3, -0.25) is 4.79 Å². The molecule has 0 aromatic heterocycles. The predicted molar refractivity (Wildman–Crippen MR) is 81.3 cm³/mol. The molecule has 1 aliphatic rings. The second-order valence-electron chi connectivity index (χ2n) is 4.66. The van der Waals surface area contributed by atoms with E-state index in [4.69, 9.17) is 9.05 Å². The number of para-hydroxylation sites is 1. The second kappa shape index (κ2) is 5.54. The third kappa shape index (κ3) is 2.29. The fraction of sp³-hybridized carbons (Fsp3) is 0.0625. The lowest BCUT2D eigenvalue weighted by Gasteiger charge is -2.31. The largest absolute Gasteiger partial charge is 0.620 e. The molecule has 112 valence electrons. The highest BCUT2D eigenvalue weighted by atomic mass is 31.2. The van der Waals surface area contributed by atoms with E-state index in [1.165, 1.54) is 13.2 Å². The zero-order valence-corrected chi connectivity index (χ0v) is 12.6. The second-order valence-corrected chi connectivity index (χ2v) is 6.65. The van der Waals surface area contributed by atoms with E-state index in [0.29, 0.717) is 5.56 Å². The fourth-order valence-corrected chi connectivity index (χ4v) is 3.78. The van der Waals surface area contributed by atoms with E-state index in [1.807, 2.05) is 0 Å². The predicted octanol–water partition coefficient (Wildman–Crippen LogP) is 2.96. The van der Waals surface area contributed by atoms with Crippen molar-refractivity contribution in [2.24, 2.45) is 0 Å². The van der Waals surface area contributed by atoms with Gasteiger partial charge in [0.25, 0.3) is 0 Å². The molecular weight excluding hydrogens is 303 g/mol. The van der Waals surface area contributed by atoms with Crippen molar-refractivity contribution in [2.45, 2.75) is 0 Å². The molecule has 1 atom stereocenters. The quantitative estimate of drug-likeness (QED) is 0.523. The van der Waals surface area contributed by atoms with Crippen molar-refractivity contribution in [3.63, 3.8) is 0 Å². The molecule has 1 N–H and O–H groups in total. The van der Waals surface area contributed by atoms with Gasteiger partial charge in [0.1, 0.15) is 0 Å². The van der Waals surface area contributed by atoms with Crippen LogP contribution in [0.3, 0.4) is 0 Å². The van der Waals surface area contributed by atoms with Crippen LogP contribution in [-0.2, 0) is 4.52 Å². The maximum absolute atomic E-state index is 12.8. The molecule has 1 aliphatic heterocycles. The summed E-state index contributed by atoms with van der Waals surface area (Å²) in [5, 5.41) is 10.1. The molecule has 0 amide bonds. The van der Waals surface area contributed by atoms with E-state index < -0.39 is 19.5 Å². The van der Waals surface area contributed by atoms with Gasteiger partial charge in [-0.1, -0.05) is 42.5 Å². The summed E-state index contributed by atoms with van der Waals surface area (Å²) in [7, 11) is -2.75. The zero-order valence-electron chi connectivity index (χ0n) is 11.7. The number of carbonyl (C=O) groups excluding carboxylic acids is 1. The number of hydrogen-bond donors (Lipinski definition) is 1. The summed E-state index contributed by atoms with van der Waals surface area (Å²) >= 11 is 0. The molecule has 1 heterocycles. The summed E-state index contributed by atoms with van der Waals surface area (Å²) in [5.41, 5.74) is 0.606. The van der Waals surface area contributed by atoms with Gasteiger partial charge in [0.2, 0.25) is 11.1 Å². The van der Waals surface area contributed by atoms with Gasteiger partial charge >= 0.3 is 7.94 Å². The molecule has 0 radical (unpaired) electrons. The standard InChI is InChI=1S/C16H13O5P/c1-20-22(19)16(14(17)11-7-3-2-4-8-11)15(18)12-9-5-6-10-13(12)21-22/h2-10,17H,1H3/b16-14-. The number of aliphatic hydroxyl groups is 1. The minimum Gasteiger partial charge on any atom is -0.620 e. The van der Waals surface area contributed by atoms with Gasteiger partial charge in [0, 0.05) is 5.56 Å². The van der Waals surface area contributed by atoms with E-state index >= 15 is 0 Å². The van der Waals surface area contributed by atoms with Crippen molar-refractivity contribution in [3.8, 4) is 5.75 Å². The molecule has 2 aromatic rings. The van der Waals surface area contributed by atoms with Crippen LogP contribution in [0.1, 0.15) is 15.9 Å². The number of fused-ring (bicyclic) bond motifs is 1. The van der Waals surface area contributed by atoms with Gasteiger partial charge in [-0.15, -0.1) is 0 Å². The van der Waals surface area contributed by atoms with E-state index in [9.17, 15) is 14.8 Å². The summed E-state index contributed by atoms with van der Waals surface area (Å²) in [4.78, 5) is 25.5. The van der Waals surface area contributed by atoms with Crippen molar-refractivity contribution in [1.29, 1.82) is 0 Å². The molecule has 22 heavy (non-hydrogen) atoms. The Hall–Kier alpha value is -2.20. The number of carbonyl (C=O) groups is 1. The molecule has 0 bridgehead atoms. The van der Waals surface area contributed by atoms with Crippen molar-refractivity contribution >= 4 is 19.5 Å². The Balaban J connectivity index is 2.23. The molecular formula is C16H13O5P. The van der Waals surface area contributed by atoms with Gasteiger partial charge in [0.15, 0.2) is 11.5 Å². The van der Waals surface area contributed by atoms with Crippen molar-refractivity contribution < 1.29 is 23.8 Å². The number of benzene rings is 2. The van der Waals surface area contributed by atoms with Crippen LogP contribution in [0.15, 0.2) is 59.9 Å². The normalized spacial score (nSPS) is 22.7. The first-order chi connectivity index (χ1) is 10.6. The number of aliphatic hydroxyl groups excluding tert-OH is 1. The lowest BCUT2D eigenvalue weighted by molar-refractivity contribution is -0.205. The first-order valence-corrected chi connectivity index (χ1v) is 8.09. The van der Waals surface area contributed by atoms with Crippen molar-refractivity contribution in [3.05, 3.63) is 71.0 Å². The smallest absolute Gasteiger partial charge is 0.326 e. The average Bonchev–Trinajstić information content (AvgIpc) is 2.55.